The van der Waals surface area contributed by atoms with Crippen LogP contribution < -0.4 is 10.6 Å². The van der Waals surface area contributed by atoms with Crippen molar-refractivity contribution in [1.29, 1.82) is 0 Å². The van der Waals surface area contributed by atoms with Gasteiger partial charge >= 0.3 is 0 Å². The zero-order chi connectivity index (χ0) is 14.7. The molecule has 0 spiro atoms. The lowest BCUT2D eigenvalue weighted by Crippen LogP contribution is -2.34. The fourth-order valence-electron chi connectivity index (χ4n) is 2.93. The summed E-state index contributed by atoms with van der Waals surface area (Å²) in [6, 6.07) is 17.2. The quantitative estimate of drug-likeness (QED) is 0.805. The van der Waals surface area contributed by atoms with Gasteiger partial charge in [0.25, 0.3) is 0 Å². The molecule has 0 fully saturated rings. The second-order valence-electron chi connectivity index (χ2n) is 5.56. The summed E-state index contributed by atoms with van der Waals surface area (Å²) in [4.78, 5) is 0. The zero-order valence-corrected chi connectivity index (χ0v) is 13.0. The SMILES string of the molecule is Cc1ccccc1NC(=S)N[C@@H]1CCCc2ccccc21. The Balaban J connectivity index is 1.70. The van der Waals surface area contributed by atoms with Crippen molar-refractivity contribution < 1.29 is 0 Å². The van der Waals surface area contributed by atoms with Gasteiger partial charge in [0, 0.05) is 5.69 Å². The molecule has 21 heavy (non-hydrogen) atoms. The number of hydrogen-bond acceptors (Lipinski definition) is 1. The van der Waals surface area contributed by atoms with Crippen LogP contribution in [-0.4, -0.2) is 5.11 Å². The Morgan fingerprint density at radius 1 is 1.10 bits per heavy atom. The van der Waals surface area contributed by atoms with Crippen molar-refractivity contribution in [3.05, 3.63) is 65.2 Å². The van der Waals surface area contributed by atoms with Crippen molar-refractivity contribution in [1.82, 2.24) is 5.32 Å². The number of benzene rings is 2. The molecule has 0 radical (unpaired) electrons. The zero-order valence-electron chi connectivity index (χ0n) is 12.2. The van der Waals surface area contributed by atoms with Gasteiger partial charge in [-0.05, 0) is 61.2 Å². The molecule has 0 saturated heterocycles. The molecule has 3 heteroatoms. The average molecular weight is 296 g/mol. The number of aryl methyl sites for hydroxylation is 2. The Bertz CT molecular complexity index is 651. The van der Waals surface area contributed by atoms with Gasteiger partial charge in [-0.15, -0.1) is 0 Å². The first kappa shape index (κ1) is 14.1. The lowest BCUT2D eigenvalue weighted by Gasteiger charge is -2.27. The molecule has 0 heterocycles. The van der Waals surface area contributed by atoms with Crippen LogP contribution in [0, 0.1) is 6.92 Å². The van der Waals surface area contributed by atoms with Gasteiger partial charge in [0.05, 0.1) is 6.04 Å². The number of para-hydroxylation sites is 1. The molecule has 2 nitrogen and oxygen atoms in total. The highest BCUT2D eigenvalue weighted by molar-refractivity contribution is 7.80. The number of nitrogens with one attached hydrogen (secondary N) is 2. The minimum absolute atomic E-state index is 0.318. The Morgan fingerprint density at radius 2 is 1.86 bits per heavy atom. The number of rotatable bonds is 2. The first-order valence-electron chi connectivity index (χ1n) is 7.45. The van der Waals surface area contributed by atoms with Gasteiger partial charge in [0.1, 0.15) is 0 Å². The second kappa shape index (κ2) is 6.27. The van der Waals surface area contributed by atoms with E-state index in [1.54, 1.807) is 0 Å². The smallest absolute Gasteiger partial charge is 0.171 e. The van der Waals surface area contributed by atoms with Crippen molar-refractivity contribution in [2.24, 2.45) is 0 Å². The monoisotopic (exact) mass is 296 g/mol. The van der Waals surface area contributed by atoms with E-state index in [1.807, 2.05) is 12.1 Å². The maximum atomic E-state index is 5.48. The molecule has 0 bridgehead atoms. The highest BCUT2D eigenvalue weighted by Gasteiger charge is 2.20. The lowest BCUT2D eigenvalue weighted by atomic mass is 9.88. The van der Waals surface area contributed by atoms with Gasteiger partial charge in [-0.2, -0.15) is 0 Å². The van der Waals surface area contributed by atoms with Gasteiger partial charge in [0.15, 0.2) is 5.11 Å². The van der Waals surface area contributed by atoms with Crippen LogP contribution in [0.3, 0.4) is 0 Å². The third-order valence-electron chi connectivity index (χ3n) is 4.07. The molecule has 2 aromatic rings. The molecular weight excluding hydrogens is 276 g/mol. The Labute approximate surface area is 131 Å². The van der Waals surface area contributed by atoms with Crippen LogP contribution in [-0.2, 0) is 6.42 Å². The molecule has 2 aromatic carbocycles. The molecule has 0 aromatic heterocycles. The molecule has 1 aliphatic carbocycles. The summed E-state index contributed by atoms with van der Waals surface area (Å²) in [7, 11) is 0. The Morgan fingerprint density at radius 3 is 2.71 bits per heavy atom. The van der Waals surface area contributed by atoms with Crippen molar-refractivity contribution >= 4 is 23.0 Å². The van der Waals surface area contributed by atoms with E-state index in [2.05, 4.69) is 54.0 Å². The summed E-state index contributed by atoms with van der Waals surface area (Å²) in [5, 5.41) is 7.48. The fourth-order valence-corrected chi connectivity index (χ4v) is 3.19. The van der Waals surface area contributed by atoms with Crippen LogP contribution in [0.15, 0.2) is 48.5 Å². The molecule has 3 rings (SSSR count). The van der Waals surface area contributed by atoms with E-state index < -0.39 is 0 Å². The maximum Gasteiger partial charge on any atom is 0.171 e. The first-order chi connectivity index (χ1) is 10.2. The summed E-state index contributed by atoms with van der Waals surface area (Å²) in [5.74, 6) is 0. The van der Waals surface area contributed by atoms with E-state index >= 15 is 0 Å². The summed E-state index contributed by atoms with van der Waals surface area (Å²) in [6.07, 6.45) is 3.51. The minimum atomic E-state index is 0.318. The van der Waals surface area contributed by atoms with Crippen LogP contribution in [0.5, 0.6) is 0 Å². The molecule has 0 amide bonds. The minimum Gasteiger partial charge on any atom is -0.356 e. The third-order valence-corrected chi connectivity index (χ3v) is 4.29. The second-order valence-corrected chi connectivity index (χ2v) is 5.97. The fraction of sp³-hybridized carbons (Fsp3) is 0.278. The van der Waals surface area contributed by atoms with Gasteiger partial charge in [-0.3, -0.25) is 0 Å². The summed E-state index contributed by atoms with van der Waals surface area (Å²) >= 11 is 5.48. The van der Waals surface area contributed by atoms with Crippen LogP contribution in [0.1, 0.15) is 35.6 Å². The first-order valence-corrected chi connectivity index (χ1v) is 7.86. The van der Waals surface area contributed by atoms with Gasteiger partial charge in [-0.25, -0.2) is 0 Å². The summed E-state index contributed by atoms with van der Waals surface area (Å²) < 4.78 is 0. The Hall–Kier alpha value is -1.87. The highest BCUT2D eigenvalue weighted by Crippen LogP contribution is 2.29. The highest BCUT2D eigenvalue weighted by atomic mass is 32.1. The number of thiocarbonyl (C=S) groups is 1. The van der Waals surface area contributed by atoms with E-state index in [9.17, 15) is 0 Å². The third kappa shape index (κ3) is 3.24. The molecule has 0 saturated carbocycles. The molecule has 1 aliphatic rings. The van der Waals surface area contributed by atoms with E-state index in [1.165, 1.54) is 29.5 Å². The topological polar surface area (TPSA) is 24.1 Å². The predicted octanol–water partition coefficient (Wildman–Crippen LogP) is 4.36. The van der Waals surface area contributed by atoms with Gasteiger partial charge in [-0.1, -0.05) is 42.5 Å². The van der Waals surface area contributed by atoms with E-state index in [-0.39, 0.29) is 0 Å². The summed E-state index contributed by atoms with van der Waals surface area (Å²) in [6.45, 7) is 2.08. The van der Waals surface area contributed by atoms with E-state index in [0.29, 0.717) is 11.2 Å². The van der Waals surface area contributed by atoms with Crippen LogP contribution in [0.2, 0.25) is 0 Å². The molecule has 0 unspecified atom stereocenters. The summed E-state index contributed by atoms with van der Waals surface area (Å²) in [5.41, 5.74) is 5.10. The standard InChI is InChI=1S/C18H20N2S/c1-13-7-2-5-11-16(13)19-18(21)20-17-12-6-9-14-8-3-4-10-15(14)17/h2-5,7-8,10-11,17H,6,9,12H2,1H3,(H2,19,20,21)/t17-/m1/s1. The normalized spacial score (nSPS) is 16.9. The van der Waals surface area contributed by atoms with E-state index in [4.69, 9.17) is 12.2 Å². The molecule has 108 valence electrons. The molecule has 0 aliphatic heterocycles. The van der Waals surface area contributed by atoms with Crippen molar-refractivity contribution in [3.63, 3.8) is 0 Å². The van der Waals surface area contributed by atoms with Crippen molar-refractivity contribution in [2.75, 3.05) is 5.32 Å². The average Bonchev–Trinajstić information content (AvgIpc) is 2.50. The van der Waals surface area contributed by atoms with Crippen molar-refractivity contribution in [3.8, 4) is 0 Å². The number of hydrogen-bond donors (Lipinski definition) is 2. The molecule has 2 N–H and O–H groups in total. The number of fused-ring (bicyclic) bond motifs is 1. The van der Waals surface area contributed by atoms with Gasteiger partial charge < -0.3 is 10.6 Å². The maximum absolute atomic E-state index is 5.48. The van der Waals surface area contributed by atoms with Crippen LogP contribution in [0.25, 0.3) is 0 Å². The van der Waals surface area contributed by atoms with Crippen LogP contribution in [0.4, 0.5) is 5.69 Å². The lowest BCUT2D eigenvalue weighted by molar-refractivity contribution is 0.529. The van der Waals surface area contributed by atoms with Crippen LogP contribution >= 0.6 is 12.2 Å². The predicted molar refractivity (Wildman–Crippen MR) is 92.7 cm³/mol. The molecule has 1 atom stereocenters. The van der Waals surface area contributed by atoms with Gasteiger partial charge in [0.2, 0.25) is 0 Å². The number of anilines is 1. The van der Waals surface area contributed by atoms with Crippen molar-refractivity contribution in [2.45, 2.75) is 32.2 Å². The largest absolute Gasteiger partial charge is 0.356 e. The molecular formula is C18H20N2S. The Kier molecular flexibility index (Phi) is 4.20. The van der Waals surface area contributed by atoms with E-state index in [0.717, 1.165) is 12.1 Å².